The van der Waals surface area contributed by atoms with E-state index in [0.717, 1.165) is 13.0 Å². The molecule has 2 N–H and O–H groups in total. The minimum atomic E-state index is 0.322. The van der Waals surface area contributed by atoms with E-state index < -0.39 is 0 Å². The SMILES string of the molecule is CCCNNOC=O. The van der Waals surface area contributed by atoms with Gasteiger partial charge in [-0.3, -0.25) is 4.79 Å². The maximum Gasteiger partial charge on any atom is 0.314 e. The third-order valence-electron chi connectivity index (χ3n) is 0.554. The Morgan fingerprint density at radius 3 is 3.00 bits per heavy atom. The molecule has 8 heavy (non-hydrogen) atoms. The van der Waals surface area contributed by atoms with Crippen molar-refractivity contribution in [2.45, 2.75) is 13.3 Å². The zero-order chi connectivity index (χ0) is 6.24. The van der Waals surface area contributed by atoms with Crippen LogP contribution in [-0.4, -0.2) is 13.0 Å². The molecule has 0 spiro atoms. The number of hydrazine groups is 1. The van der Waals surface area contributed by atoms with Crippen LogP contribution in [0.15, 0.2) is 0 Å². The molecule has 0 aliphatic heterocycles. The van der Waals surface area contributed by atoms with E-state index in [1.807, 2.05) is 6.92 Å². The normalized spacial score (nSPS) is 8.62. The Morgan fingerprint density at radius 1 is 1.75 bits per heavy atom. The van der Waals surface area contributed by atoms with Gasteiger partial charge in [-0.1, -0.05) is 12.5 Å². The smallest absolute Gasteiger partial charge is 0.314 e. The zero-order valence-electron chi connectivity index (χ0n) is 4.81. The number of carbonyl (C=O) groups is 1. The minimum Gasteiger partial charge on any atom is -0.359 e. The van der Waals surface area contributed by atoms with Crippen molar-refractivity contribution in [2.24, 2.45) is 0 Å². The molecule has 0 atom stereocenters. The maximum absolute atomic E-state index is 9.44. The predicted molar refractivity (Wildman–Crippen MR) is 28.6 cm³/mol. The van der Waals surface area contributed by atoms with E-state index in [0.29, 0.717) is 6.47 Å². The number of hydrogen-bond acceptors (Lipinski definition) is 4. The van der Waals surface area contributed by atoms with Gasteiger partial charge in [0.25, 0.3) is 0 Å². The van der Waals surface area contributed by atoms with Gasteiger partial charge in [-0.25, -0.2) is 5.43 Å². The molecule has 0 fully saturated rings. The first-order valence-electron chi connectivity index (χ1n) is 2.49. The highest BCUT2D eigenvalue weighted by molar-refractivity contribution is 5.36. The average Bonchev–Trinajstić information content (AvgIpc) is 1.81. The summed E-state index contributed by atoms with van der Waals surface area (Å²) in [5, 5.41) is 0. The Hall–Kier alpha value is -0.610. The molecular formula is C4H10N2O2. The fourth-order valence-corrected chi connectivity index (χ4v) is 0.242. The van der Waals surface area contributed by atoms with Gasteiger partial charge in [-0.05, 0) is 6.42 Å². The second kappa shape index (κ2) is 6.39. The van der Waals surface area contributed by atoms with Crippen LogP contribution in [0.4, 0.5) is 0 Å². The van der Waals surface area contributed by atoms with Crippen molar-refractivity contribution in [3.8, 4) is 0 Å². The fourth-order valence-electron chi connectivity index (χ4n) is 0.242. The lowest BCUT2D eigenvalue weighted by Crippen LogP contribution is -2.31. The summed E-state index contributed by atoms with van der Waals surface area (Å²) < 4.78 is 0. The van der Waals surface area contributed by atoms with Crippen molar-refractivity contribution in [1.29, 1.82) is 0 Å². The van der Waals surface area contributed by atoms with E-state index in [1.54, 1.807) is 0 Å². The number of rotatable bonds is 5. The molecule has 0 aromatic rings. The van der Waals surface area contributed by atoms with Crippen LogP contribution in [0, 0.1) is 0 Å². The Kier molecular flexibility index (Phi) is 5.90. The Morgan fingerprint density at radius 2 is 2.50 bits per heavy atom. The van der Waals surface area contributed by atoms with Gasteiger partial charge >= 0.3 is 6.47 Å². The lowest BCUT2D eigenvalue weighted by molar-refractivity contribution is -0.137. The first-order valence-corrected chi connectivity index (χ1v) is 2.49. The molecule has 0 aromatic heterocycles. The Bertz CT molecular complexity index is 58.0. The average molecular weight is 118 g/mol. The zero-order valence-corrected chi connectivity index (χ0v) is 4.81. The van der Waals surface area contributed by atoms with Gasteiger partial charge in [-0.15, -0.1) is 0 Å². The monoisotopic (exact) mass is 118 g/mol. The van der Waals surface area contributed by atoms with Crippen LogP contribution in [-0.2, 0) is 9.63 Å². The molecule has 0 saturated carbocycles. The summed E-state index contributed by atoms with van der Waals surface area (Å²) in [6.07, 6.45) is 0.995. The molecule has 0 aliphatic carbocycles. The van der Waals surface area contributed by atoms with Crippen molar-refractivity contribution >= 4 is 6.47 Å². The van der Waals surface area contributed by atoms with E-state index in [-0.39, 0.29) is 0 Å². The van der Waals surface area contributed by atoms with Crippen LogP contribution in [0.5, 0.6) is 0 Å². The minimum absolute atomic E-state index is 0.322. The van der Waals surface area contributed by atoms with Crippen LogP contribution in [0.1, 0.15) is 13.3 Å². The third kappa shape index (κ3) is 5.39. The second-order valence-corrected chi connectivity index (χ2v) is 1.24. The number of hydrogen-bond donors (Lipinski definition) is 2. The van der Waals surface area contributed by atoms with Gasteiger partial charge in [0.05, 0.1) is 0 Å². The summed E-state index contributed by atoms with van der Waals surface area (Å²) in [7, 11) is 0. The van der Waals surface area contributed by atoms with Crippen LogP contribution in [0.2, 0.25) is 0 Å². The molecule has 0 saturated heterocycles. The largest absolute Gasteiger partial charge is 0.359 e. The summed E-state index contributed by atoms with van der Waals surface area (Å²) >= 11 is 0. The molecule has 4 nitrogen and oxygen atoms in total. The first-order chi connectivity index (χ1) is 3.91. The first kappa shape index (κ1) is 7.39. The van der Waals surface area contributed by atoms with Crippen LogP contribution in [0.3, 0.4) is 0 Å². The highest BCUT2D eigenvalue weighted by Crippen LogP contribution is 1.64. The molecule has 0 amide bonds. The summed E-state index contributed by atoms with van der Waals surface area (Å²) in [5.41, 5.74) is 4.85. The molecule has 0 aromatic carbocycles. The van der Waals surface area contributed by atoms with E-state index in [2.05, 4.69) is 15.9 Å². The van der Waals surface area contributed by atoms with E-state index in [4.69, 9.17) is 0 Å². The van der Waals surface area contributed by atoms with Gasteiger partial charge in [0.15, 0.2) is 0 Å². The number of carbonyl (C=O) groups excluding carboxylic acids is 1. The van der Waals surface area contributed by atoms with Crippen molar-refractivity contribution in [1.82, 2.24) is 11.0 Å². The van der Waals surface area contributed by atoms with Gasteiger partial charge in [0.1, 0.15) is 0 Å². The highest BCUT2D eigenvalue weighted by Gasteiger charge is 1.77. The highest BCUT2D eigenvalue weighted by atomic mass is 16.7. The summed E-state index contributed by atoms with van der Waals surface area (Å²) in [6, 6.07) is 0. The molecular weight excluding hydrogens is 108 g/mol. The molecule has 4 heteroatoms. The van der Waals surface area contributed by atoms with Gasteiger partial charge < -0.3 is 4.84 Å². The maximum atomic E-state index is 9.44. The Balaban J connectivity index is 2.62. The molecule has 0 bridgehead atoms. The van der Waals surface area contributed by atoms with E-state index in [1.165, 1.54) is 0 Å². The van der Waals surface area contributed by atoms with Crippen LogP contribution >= 0.6 is 0 Å². The van der Waals surface area contributed by atoms with E-state index in [9.17, 15) is 4.79 Å². The second-order valence-electron chi connectivity index (χ2n) is 1.24. The predicted octanol–water partition coefficient (Wildman–Crippen LogP) is -0.421. The summed E-state index contributed by atoms with van der Waals surface area (Å²) in [6.45, 7) is 3.12. The quantitative estimate of drug-likeness (QED) is 0.292. The Labute approximate surface area is 48.1 Å². The molecule has 0 aliphatic rings. The summed E-state index contributed by atoms with van der Waals surface area (Å²) in [4.78, 5) is 13.5. The molecule has 0 heterocycles. The summed E-state index contributed by atoms with van der Waals surface area (Å²) in [5.74, 6) is 0. The third-order valence-corrected chi connectivity index (χ3v) is 0.554. The standard InChI is InChI=1S/C4H10N2O2/c1-2-3-5-6-8-4-7/h4-6H,2-3H2,1H3. The van der Waals surface area contributed by atoms with E-state index >= 15 is 0 Å². The van der Waals surface area contributed by atoms with Crippen molar-refractivity contribution in [3.05, 3.63) is 0 Å². The van der Waals surface area contributed by atoms with Crippen LogP contribution in [0.25, 0.3) is 0 Å². The molecule has 48 valence electrons. The van der Waals surface area contributed by atoms with Crippen molar-refractivity contribution in [3.63, 3.8) is 0 Å². The van der Waals surface area contributed by atoms with Crippen molar-refractivity contribution in [2.75, 3.05) is 6.54 Å². The molecule has 0 rings (SSSR count). The van der Waals surface area contributed by atoms with Gasteiger partial charge in [0, 0.05) is 6.54 Å². The molecule has 0 unspecified atom stereocenters. The molecule has 0 radical (unpaired) electrons. The van der Waals surface area contributed by atoms with Crippen molar-refractivity contribution < 1.29 is 9.63 Å². The van der Waals surface area contributed by atoms with Gasteiger partial charge in [-0.2, -0.15) is 0 Å². The fraction of sp³-hybridized carbons (Fsp3) is 0.750. The van der Waals surface area contributed by atoms with Crippen LogP contribution < -0.4 is 11.0 Å². The number of nitrogens with one attached hydrogen (secondary N) is 2. The lowest BCUT2D eigenvalue weighted by atomic mass is 10.5. The topological polar surface area (TPSA) is 50.4 Å². The lowest BCUT2D eigenvalue weighted by Gasteiger charge is -1.98. The van der Waals surface area contributed by atoms with Gasteiger partial charge in [0.2, 0.25) is 0 Å².